The number of aryl methyl sites for hydroxylation is 1. The lowest BCUT2D eigenvalue weighted by molar-refractivity contribution is -0.128. The monoisotopic (exact) mass is 423 g/mol. The maximum absolute atomic E-state index is 12.2. The molecule has 6 nitrogen and oxygen atoms in total. The van der Waals surface area contributed by atoms with Gasteiger partial charge in [-0.25, -0.2) is 4.98 Å². The Labute approximate surface area is 184 Å². The zero-order chi connectivity index (χ0) is 22.3. The lowest BCUT2D eigenvalue weighted by Gasteiger charge is -2.17. The topological polar surface area (TPSA) is 65.4 Å². The van der Waals surface area contributed by atoms with Gasteiger partial charge in [0.25, 0.3) is 0 Å². The van der Waals surface area contributed by atoms with Crippen molar-refractivity contribution in [3.8, 4) is 11.5 Å². The highest BCUT2D eigenvalue weighted by Gasteiger charge is 2.20. The molecule has 0 bridgehead atoms. The van der Waals surface area contributed by atoms with Crippen LogP contribution in [0.5, 0.6) is 11.5 Å². The van der Waals surface area contributed by atoms with Gasteiger partial charge in [-0.3, -0.25) is 4.79 Å². The van der Waals surface area contributed by atoms with Crippen LogP contribution in [-0.4, -0.2) is 35.7 Å². The summed E-state index contributed by atoms with van der Waals surface area (Å²) in [7, 11) is 1.65. The van der Waals surface area contributed by atoms with Gasteiger partial charge in [0.1, 0.15) is 17.3 Å². The molecule has 0 unspecified atom stereocenters. The number of nitrogens with one attached hydrogen (secondary N) is 1. The Morgan fingerprint density at radius 2 is 1.84 bits per heavy atom. The number of amides is 1. The van der Waals surface area contributed by atoms with Gasteiger partial charge in [-0.2, -0.15) is 0 Å². The van der Waals surface area contributed by atoms with Gasteiger partial charge < -0.3 is 19.4 Å². The third-order valence-corrected chi connectivity index (χ3v) is 5.13. The minimum atomic E-state index is -0.386. The van der Waals surface area contributed by atoms with Crippen molar-refractivity contribution in [2.45, 2.75) is 46.6 Å². The van der Waals surface area contributed by atoms with E-state index in [1.54, 1.807) is 7.11 Å². The van der Waals surface area contributed by atoms with E-state index < -0.39 is 0 Å². The molecule has 3 aromatic rings. The first-order valence-corrected chi connectivity index (χ1v) is 10.9. The van der Waals surface area contributed by atoms with E-state index in [1.807, 2.05) is 63.2 Å². The average molecular weight is 424 g/mol. The van der Waals surface area contributed by atoms with Gasteiger partial charge >= 0.3 is 0 Å². The number of methoxy groups -OCH3 is 1. The van der Waals surface area contributed by atoms with Crippen molar-refractivity contribution in [2.24, 2.45) is 5.41 Å². The highest BCUT2D eigenvalue weighted by atomic mass is 16.5. The predicted octanol–water partition coefficient (Wildman–Crippen LogP) is 4.61. The number of para-hydroxylation sites is 2. The first-order chi connectivity index (χ1) is 14.9. The van der Waals surface area contributed by atoms with Crippen molar-refractivity contribution in [2.75, 3.05) is 20.3 Å². The minimum absolute atomic E-state index is 0.0600. The van der Waals surface area contributed by atoms with Crippen molar-refractivity contribution in [1.82, 2.24) is 14.9 Å². The SMILES string of the molecule is COc1cccc(OCCCCn2c(CCNC(=O)C(C)(C)C)nc3ccccc32)c1. The molecule has 31 heavy (non-hydrogen) atoms. The van der Waals surface area contributed by atoms with Gasteiger partial charge in [0, 0.05) is 31.0 Å². The van der Waals surface area contributed by atoms with E-state index in [4.69, 9.17) is 14.5 Å². The molecular formula is C25H33N3O3. The Balaban J connectivity index is 1.56. The lowest BCUT2D eigenvalue weighted by Crippen LogP contribution is -2.36. The van der Waals surface area contributed by atoms with E-state index in [1.165, 1.54) is 0 Å². The number of imidazole rings is 1. The van der Waals surface area contributed by atoms with Crippen LogP contribution in [0.3, 0.4) is 0 Å². The summed E-state index contributed by atoms with van der Waals surface area (Å²) in [5.41, 5.74) is 1.74. The quantitative estimate of drug-likeness (QED) is 0.484. The number of rotatable bonds is 10. The van der Waals surface area contributed by atoms with Crippen LogP contribution in [0.15, 0.2) is 48.5 Å². The second-order valence-corrected chi connectivity index (χ2v) is 8.66. The number of fused-ring (bicyclic) bond motifs is 1. The molecule has 6 heteroatoms. The number of hydrogen-bond donors (Lipinski definition) is 1. The summed E-state index contributed by atoms with van der Waals surface area (Å²) in [6, 6.07) is 15.9. The number of hydrogen-bond acceptors (Lipinski definition) is 4. The smallest absolute Gasteiger partial charge is 0.225 e. The Kier molecular flexibility index (Phi) is 7.55. The highest BCUT2D eigenvalue weighted by Crippen LogP contribution is 2.20. The van der Waals surface area contributed by atoms with Crippen LogP contribution in [0, 0.1) is 5.41 Å². The number of aromatic nitrogens is 2. The van der Waals surface area contributed by atoms with Crippen molar-refractivity contribution < 1.29 is 14.3 Å². The lowest BCUT2D eigenvalue weighted by atomic mass is 9.96. The third kappa shape index (κ3) is 6.23. The second-order valence-electron chi connectivity index (χ2n) is 8.66. The van der Waals surface area contributed by atoms with E-state index in [0.29, 0.717) is 19.6 Å². The molecule has 1 N–H and O–H groups in total. The molecule has 0 saturated carbocycles. The van der Waals surface area contributed by atoms with Gasteiger partial charge in [0.15, 0.2) is 0 Å². The normalized spacial score (nSPS) is 11.5. The number of nitrogens with zero attached hydrogens (tertiary/aromatic N) is 2. The summed E-state index contributed by atoms with van der Waals surface area (Å²) in [6.07, 6.45) is 2.62. The van der Waals surface area contributed by atoms with Crippen molar-refractivity contribution in [1.29, 1.82) is 0 Å². The fourth-order valence-corrected chi connectivity index (χ4v) is 3.37. The van der Waals surface area contributed by atoms with E-state index in [-0.39, 0.29) is 11.3 Å². The van der Waals surface area contributed by atoms with Crippen LogP contribution in [0.1, 0.15) is 39.4 Å². The number of carbonyl (C=O) groups is 1. The Morgan fingerprint density at radius 3 is 2.61 bits per heavy atom. The fourth-order valence-electron chi connectivity index (χ4n) is 3.37. The van der Waals surface area contributed by atoms with Crippen molar-refractivity contribution >= 4 is 16.9 Å². The highest BCUT2D eigenvalue weighted by molar-refractivity contribution is 5.81. The summed E-state index contributed by atoms with van der Waals surface area (Å²) < 4.78 is 13.4. The molecule has 166 valence electrons. The van der Waals surface area contributed by atoms with Gasteiger partial charge in [-0.15, -0.1) is 0 Å². The molecule has 0 aliphatic rings. The molecule has 0 fully saturated rings. The molecule has 3 rings (SSSR count). The van der Waals surface area contributed by atoms with Gasteiger partial charge in [-0.1, -0.05) is 39.0 Å². The zero-order valence-electron chi connectivity index (χ0n) is 19.0. The number of benzene rings is 2. The van der Waals surface area contributed by atoms with Crippen LogP contribution < -0.4 is 14.8 Å². The summed E-state index contributed by atoms with van der Waals surface area (Å²) in [6.45, 7) is 7.86. The molecule has 0 aliphatic carbocycles. The summed E-state index contributed by atoms with van der Waals surface area (Å²) in [5.74, 6) is 2.68. The largest absolute Gasteiger partial charge is 0.497 e. The fraction of sp³-hybridized carbons (Fsp3) is 0.440. The molecule has 0 saturated heterocycles. The maximum atomic E-state index is 12.2. The van der Waals surface area contributed by atoms with Crippen LogP contribution in [0.4, 0.5) is 0 Å². The first kappa shape index (κ1) is 22.7. The van der Waals surface area contributed by atoms with Crippen LogP contribution >= 0.6 is 0 Å². The summed E-state index contributed by atoms with van der Waals surface area (Å²) in [5, 5.41) is 3.02. The van der Waals surface area contributed by atoms with Gasteiger partial charge in [-0.05, 0) is 37.1 Å². The Bertz CT molecular complexity index is 1000. The molecule has 1 aromatic heterocycles. The molecule has 1 heterocycles. The molecule has 0 aliphatic heterocycles. The average Bonchev–Trinajstić information content (AvgIpc) is 3.10. The Hall–Kier alpha value is -3.02. The molecular weight excluding hydrogens is 390 g/mol. The third-order valence-electron chi connectivity index (χ3n) is 5.13. The minimum Gasteiger partial charge on any atom is -0.497 e. The van der Waals surface area contributed by atoms with E-state index in [2.05, 4.69) is 16.0 Å². The molecule has 2 aromatic carbocycles. The number of carbonyl (C=O) groups excluding carboxylic acids is 1. The predicted molar refractivity (Wildman–Crippen MR) is 124 cm³/mol. The number of unbranched alkanes of at least 4 members (excludes halogenated alkanes) is 1. The standard InChI is InChI=1S/C25H33N3O3/c1-25(2,3)24(29)26-15-14-23-27-21-12-5-6-13-22(21)28(23)16-7-8-17-31-20-11-9-10-19(18-20)30-4/h5-6,9-13,18H,7-8,14-17H2,1-4H3,(H,26,29). The van der Waals surface area contributed by atoms with E-state index >= 15 is 0 Å². The van der Waals surface area contributed by atoms with Gasteiger partial charge in [0.2, 0.25) is 5.91 Å². The second kappa shape index (κ2) is 10.3. The summed E-state index contributed by atoms with van der Waals surface area (Å²) in [4.78, 5) is 17.0. The molecule has 0 radical (unpaired) electrons. The zero-order valence-corrected chi connectivity index (χ0v) is 19.0. The van der Waals surface area contributed by atoms with E-state index in [9.17, 15) is 4.79 Å². The molecule has 1 amide bonds. The van der Waals surface area contributed by atoms with Gasteiger partial charge in [0.05, 0.1) is 24.8 Å². The van der Waals surface area contributed by atoms with Crippen molar-refractivity contribution in [3.63, 3.8) is 0 Å². The first-order valence-electron chi connectivity index (χ1n) is 10.9. The number of ether oxygens (including phenoxy) is 2. The molecule has 0 spiro atoms. The van der Waals surface area contributed by atoms with Crippen molar-refractivity contribution in [3.05, 3.63) is 54.4 Å². The Morgan fingerprint density at radius 1 is 1.06 bits per heavy atom. The molecule has 0 atom stereocenters. The summed E-state index contributed by atoms with van der Waals surface area (Å²) >= 11 is 0. The van der Waals surface area contributed by atoms with Crippen LogP contribution in [0.2, 0.25) is 0 Å². The van der Waals surface area contributed by atoms with Crippen LogP contribution in [0.25, 0.3) is 11.0 Å². The van der Waals surface area contributed by atoms with E-state index in [0.717, 1.165) is 47.7 Å². The van der Waals surface area contributed by atoms with Crippen LogP contribution in [-0.2, 0) is 17.8 Å². The maximum Gasteiger partial charge on any atom is 0.225 e.